The van der Waals surface area contributed by atoms with Crippen molar-refractivity contribution in [3.63, 3.8) is 0 Å². The second-order valence-corrected chi connectivity index (χ2v) is 6.60. The van der Waals surface area contributed by atoms with Gasteiger partial charge < -0.3 is 0 Å². The molecule has 23 heavy (non-hydrogen) atoms. The second kappa shape index (κ2) is 5.36. The van der Waals surface area contributed by atoms with Gasteiger partial charge in [0.2, 0.25) is 0 Å². The average molecular weight is 332 g/mol. The minimum Gasteiger partial charge on any atom is -0.279 e. The Kier molecular flexibility index (Phi) is 3.49. The Hall–Kier alpha value is -2.94. The highest BCUT2D eigenvalue weighted by atomic mass is 32.2. The molecule has 0 atom stereocenters. The number of benzene rings is 2. The number of hydrogen-bond donors (Lipinski definition) is 2. The van der Waals surface area contributed by atoms with E-state index in [4.69, 9.17) is 0 Å². The van der Waals surface area contributed by atoms with Crippen LogP contribution in [-0.2, 0) is 10.0 Å². The maximum absolute atomic E-state index is 12.6. The van der Waals surface area contributed by atoms with Gasteiger partial charge in [-0.25, -0.2) is 8.42 Å². The molecule has 0 aliphatic carbocycles. The van der Waals surface area contributed by atoms with Gasteiger partial charge in [0.25, 0.3) is 15.7 Å². The first kappa shape index (κ1) is 15.0. The van der Waals surface area contributed by atoms with Crippen LogP contribution in [0.15, 0.2) is 47.5 Å². The zero-order valence-electron chi connectivity index (χ0n) is 12.0. The fraction of sp³-hybridized carbons (Fsp3) is 0.0714. The van der Waals surface area contributed by atoms with Crippen LogP contribution in [0.2, 0.25) is 0 Å². The number of nitro benzene ring substituents is 1. The van der Waals surface area contributed by atoms with Crippen LogP contribution in [-0.4, -0.2) is 23.5 Å². The molecule has 1 aromatic heterocycles. The Labute approximate surface area is 131 Å². The van der Waals surface area contributed by atoms with Gasteiger partial charge in [-0.15, -0.1) is 0 Å². The molecule has 0 radical (unpaired) electrons. The monoisotopic (exact) mass is 332 g/mol. The molecule has 0 aliphatic heterocycles. The van der Waals surface area contributed by atoms with Crippen LogP contribution in [0.4, 0.5) is 11.4 Å². The number of fused-ring (bicyclic) bond motifs is 1. The molecule has 2 aromatic carbocycles. The Morgan fingerprint density at radius 3 is 2.78 bits per heavy atom. The lowest BCUT2D eigenvalue weighted by atomic mass is 10.2. The zero-order chi connectivity index (χ0) is 16.6. The molecule has 118 valence electrons. The summed E-state index contributed by atoms with van der Waals surface area (Å²) in [6, 6.07) is 8.77. The predicted octanol–water partition coefficient (Wildman–Crippen LogP) is 2.58. The number of hydrogen-bond acceptors (Lipinski definition) is 5. The van der Waals surface area contributed by atoms with E-state index in [0.29, 0.717) is 22.2 Å². The molecule has 0 saturated heterocycles. The summed E-state index contributed by atoms with van der Waals surface area (Å²) in [5.74, 6) is 0. The van der Waals surface area contributed by atoms with Gasteiger partial charge in [-0.3, -0.25) is 19.9 Å². The molecule has 0 amide bonds. The first-order valence-electron chi connectivity index (χ1n) is 6.58. The summed E-state index contributed by atoms with van der Waals surface area (Å²) in [6.07, 6.45) is 1.51. The maximum Gasteiger partial charge on any atom is 0.270 e. The maximum atomic E-state index is 12.6. The van der Waals surface area contributed by atoms with Gasteiger partial charge in [0.1, 0.15) is 0 Å². The van der Waals surface area contributed by atoms with Gasteiger partial charge in [0.05, 0.1) is 27.2 Å². The van der Waals surface area contributed by atoms with Crippen molar-refractivity contribution in [3.05, 3.63) is 58.3 Å². The fourth-order valence-electron chi connectivity index (χ4n) is 2.25. The number of aryl methyl sites for hydroxylation is 1. The second-order valence-electron chi connectivity index (χ2n) is 4.95. The Balaban J connectivity index is 2.07. The molecule has 3 rings (SSSR count). The van der Waals surface area contributed by atoms with Crippen molar-refractivity contribution in [2.75, 3.05) is 4.72 Å². The van der Waals surface area contributed by atoms with Gasteiger partial charge in [-0.1, -0.05) is 12.1 Å². The summed E-state index contributed by atoms with van der Waals surface area (Å²) < 4.78 is 27.7. The summed E-state index contributed by atoms with van der Waals surface area (Å²) in [5.41, 5.74) is 1.17. The van der Waals surface area contributed by atoms with E-state index >= 15 is 0 Å². The number of nitrogens with one attached hydrogen (secondary N) is 2. The van der Waals surface area contributed by atoms with E-state index in [1.807, 2.05) is 0 Å². The van der Waals surface area contributed by atoms with Crippen LogP contribution >= 0.6 is 0 Å². The first-order valence-corrected chi connectivity index (χ1v) is 8.07. The van der Waals surface area contributed by atoms with Crippen molar-refractivity contribution in [1.82, 2.24) is 10.2 Å². The van der Waals surface area contributed by atoms with E-state index in [-0.39, 0.29) is 10.6 Å². The van der Waals surface area contributed by atoms with Crippen LogP contribution in [0.1, 0.15) is 5.56 Å². The topological polar surface area (TPSA) is 118 Å². The fourth-order valence-corrected chi connectivity index (χ4v) is 3.59. The number of non-ortho nitro benzene ring substituents is 1. The van der Waals surface area contributed by atoms with E-state index in [0.717, 1.165) is 6.07 Å². The number of nitro groups is 1. The molecule has 0 spiro atoms. The van der Waals surface area contributed by atoms with Gasteiger partial charge in [0.15, 0.2) is 0 Å². The lowest BCUT2D eigenvalue weighted by molar-refractivity contribution is -0.385. The molecule has 0 bridgehead atoms. The highest BCUT2D eigenvalue weighted by Crippen LogP contribution is 2.27. The lowest BCUT2D eigenvalue weighted by Crippen LogP contribution is -2.14. The van der Waals surface area contributed by atoms with E-state index in [1.165, 1.54) is 18.3 Å². The van der Waals surface area contributed by atoms with Crippen molar-refractivity contribution in [1.29, 1.82) is 0 Å². The molecule has 0 unspecified atom stereocenters. The first-order chi connectivity index (χ1) is 10.9. The molecule has 3 aromatic rings. The number of anilines is 1. The van der Waals surface area contributed by atoms with Gasteiger partial charge >= 0.3 is 0 Å². The highest BCUT2D eigenvalue weighted by Gasteiger charge is 2.21. The molecular weight excluding hydrogens is 320 g/mol. The van der Waals surface area contributed by atoms with E-state index in [9.17, 15) is 18.5 Å². The third-order valence-corrected chi connectivity index (χ3v) is 4.91. The number of aromatic amines is 1. The number of rotatable bonds is 4. The lowest BCUT2D eigenvalue weighted by Gasteiger charge is -2.11. The molecule has 8 nitrogen and oxygen atoms in total. The van der Waals surface area contributed by atoms with Gasteiger partial charge in [-0.2, -0.15) is 5.10 Å². The van der Waals surface area contributed by atoms with E-state index < -0.39 is 14.9 Å². The third kappa shape index (κ3) is 2.73. The van der Waals surface area contributed by atoms with E-state index in [1.54, 1.807) is 25.1 Å². The van der Waals surface area contributed by atoms with Crippen molar-refractivity contribution in [2.24, 2.45) is 0 Å². The number of sulfonamides is 1. The summed E-state index contributed by atoms with van der Waals surface area (Å²) in [7, 11) is -3.97. The quantitative estimate of drug-likeness (QED) is 0.562. The smallest absolute Gasteiger partial charge is 0.270 e. The largest absolute Gasteiger partial charge is 0.279 e. The minimum absolute atomic E-state index is 0.132. The molecule has 0 saturated carbocycles. The van der Waals surface area contributed by atoms with Gasteiger partial charge in [-0.05, 0) is 24.6 Å². The van der Waals surface area contributed by atoms with Crippen molar-refractivity contribution in [3.8, 4) is 0 Å². The van der Waals surface area contributed by atoms with Crippen molar-refractivity contribution in [2.45, 2.75) is 11.8 Å². The third-order valence-electron chi connectivity index (χ3n) is 3.40. The SMILES string of the molecule is Cc1ccc([N+](=O)[O-])cc1S(=O)(=O)Nc1cccc2[nH]ncc12. The van der Waals surface area contributed by atoms with Crippen LogP contribution < -0.4 is 4.72 Å². The zero-order valence-corrected chi connectivity index (χ0v) is 12.8. The molecule has 0 fully saturated rings. The summed E-state index contributed by atoms with van der Waals surface area (Å²) in [5, 5.41) is 18.1. The Morgan fingerprint density at radius 1 is 1.26 bits per heavy atom. The van der Waals surface area contributed by atoms with Crippen molar-refractivity contribution >= 4 is 32.3 Å². The molecule has 2 N–H and O–H groups in total. The van der Waals surface area contributed by atoms with Crippen LogP contribution in [0.25, 0.3) is 10.9 Å². The number of aromatic nitrogens is 2. The van der Waals surface area contributed by atoms with Crippen LogP contribution in [0, 0.1) is 17.0 Å². The number of nitrogens with zero attached hydrogens (tertiary/aromatic N) is 2. The molecule has 1 heterocycles. The van der Waals surface area contributed by atoms with Crippen LogP contribution in [0.3, 0.4) is 0 Å². The summed E-state index contributed by atoms with van der Waals surface area (Å²) in [6.45, 7) is 1.58. The normalized spacial score (nSPS) is 11.5. The minimum atomic E-state index is -3.97. The molecular formula is C14H12N4O4S. The summed E-state index contributed by atoms with van der Waals surface area (Å²) in [4.78, 5) is 10.1. The average Bonchev–Trinajstić information content (AvgIpc) is 2.96. The van der Waals surface area contributed by atoms with E-state index in [2.05, 4.69) is 14.9 Å². The van der Waals surface area contributed by atoms with Crippen molar-refractivity contribution < 1.29 is 13.3 Å². The Bertz CT molecular complexity index is 1010. The molecule has 0 aliphatic rings. The Morgan fingerprint density at radius 2 is 2.04 bits per heavy atom. The molecule has 9 heteroatoms. The van der Waals surface area contributed by atoms with Gasteiger partial charge in [0, 0.05) is 17.5 Å². The predicted molar refractivity (Wildman–Crippen MR) is 84.7 cm³/mol. The van der Waals surface area contributed by atoms with Crippen LogP contribution in [0.5, 0.6) is 0 Å². The number of H-pyrrole nitrogens is 1. The summed E-state index contributed by atoms with van der Waals surface area (Å²) >= 11 is 0. The highest BCUT2D eigenvalue weighted by molar-refractivity contribution is 7.92. The standard InChI is InChI=1S/C14H12N4O4S/c1-9-5-6-10(18(19)20)7-14(9)23(21,22)17-13-4-2-3-12-11(13)8-15-16-12/h2-8,17H,1H3,(H,15,16).